The number of hydrogen-bond donors (Lipinski definition) is 2. The number of para-hydroxylation sites is 1. The zero-order valence-corrected chi connectivity index (χ0v) is 15.3. The van der Waals surface area contributed by atoms with Crippen LogP contribution in [-0.4, -0.2) is 14.8 Å². The number of aryl methyl sites for hydroxylation is 2. The van der Waals surface area contributed by atoms with Gasteiger partial charge in [-0.25, -0.2) is 0 Å². The van der Waals surface area contributed by atoms with E-state index >= 15 is 0 Å². The molecule has 0 saturated carbocycles. The van der Waals surface area contributed by atoms with Crippen molar-refractivity contribution in [1.82, 2.24) is 14.8 Å². The van der Waals surface area contributed by atoms with Crippen LogP contribution in [0.5, 0.6) is 0 Å². The van der Waals surface area contributed by atoms with E-state index in [1.54, 1.807) is 12.1 Å². The number of hydrogen-bond acceptors (Lipinski definition) is 1. The molecule has 0 spiro atoms. The summed E-state index contributed by atoms with van der Waals surface area (Å²) in [6, 6.07) is 11.6. The van der Waals surface area contributed by atoms with Crippen molar-refractivity contribution in [2.45, 2.75) is 19.4 Å². The zero-order chi connectivity index (χ0) is 17.8. The molecule has 0 bridgehead atoms. The predicted molar refractivity (Wildman–Crippen MR) is 106 cm³/mol. The summed E-state index contributed by atoms with van der Waals surface area (Å²) >= 11 is 12.4. The number of aromatic amines is 2. The van der Waals surface area contributed by atoms with Crippen molar-refractivity contribution in [3.8, 4) is 22.4 Å². The molecule has 0 radical (unpaired) electrons. The highest BCUT2D eigenvalue weighted by molar-refractivity contribution is 6.36. The highest BCUT2D eigenvalue weighted by Gasteiger charge is 2.22. The van der Waals surface area contributed by atoms with Gasteiger partial charge in [-0.15, -0.1) is 0 Å². The minimum absolute atomic E-state index is 0.158. The summed E-state index contributed by atoms with van der Waals surface area (Å²) in [7, 11) is 0. The lowest BCUT2D eigenvalue weighted by molar-refractivity contribution is 0.636. The number of rotatable bonds is 2. The van der Waals surface area contributed by atoms with Gasteiger partial charge in [0.05, 0.1) is 21.8 Å². The van der Waals surface area contributed by atoms with Gasteiger partial charge in [0.15, 0.2) is 0 Å². The van der Waals surface area contributed by atoms with Crippen LogP contribution in [-0.2, 0) is 13.0 Å². The molecule has 26 heavy (non-hydrogen) atoms. The highest BCUT2D eigenvalue weighted by atomic mass is 35.5. The van der Waals surface area contributed by atoms with E-state index in [2.05, 4.69) is 39.2 Å². The van der Waals surface area contributed by atoms with E-state index in [-0.39, 0.29) is 5.56 Å². The first-order valence-corrected chi connectivity index (χ1v) is 9.26. The zero-order valence-electron chi connectivity index (χ0n) is 13.8. The lowest BCUT2D eigenvalue weighted by atomic mass is 9.98. The largest absolute Gasteiger partial charge is 0.347 e. The standard InChI is InChI=1S/C20H15Cl2N3O/c21-12-6-7-14(16(22)9-12)18-17(20(26)24-23-18)15-10-25-8-2-4-11-3-1-5-13(15)19(11)25/h1,3,5-7,9-10H,2,4,8H2,(H2,23,24,26). The van der Waals surface area contributed by atoms with E-state index in [0.717, 1.165) is 35.9 Å². The fraction of sp³-hybridized carbons (Fsp3) is 0.150. The van der Waals surface area contributed by atoms with Crippen LogP contribution in [0.4, 0.5) is 0 Å². The number of aromatic nitrogens is 3. The van der Waals surface area contributed by atoms with Gasteiger partial charge < -0.3 is 4.57 Å². The van der Waals surface area contributed by atoms with Crippen molar-refractivity contribution in [1.29, 1.82) is 0 Å². The van der Waals surface area contributed by atoms with Gasteiger partial charge >= 0.3 is 0 Å². The van der Waals surface area contributed by atoms with E-state index in [4.69, 9.17) is 23.2 Å². The third-order valence-corrected chi connectivity index (χ3v) is 5.62. The molecule has 0 atom stereocenters. The molecule has 130 valence electrons. The summed E-state index contributed by atoms with van der Waals surface area (Å²) in [5.74, 6) is 0. The van der Waals surface area contributed by atoms with Crippen LogP contribution in [0.2, 0.25) is 10.0 Å². The molecule has 0 aliphatic carbocycles. The van der Waals surface area contributed by atoms with Gasteiger partial charge in [-0.05, 0) is 36.6 Å². The van der Waals surface area contributed by atoms with E-state index in [1.165, 1.54) is 11.1 Å². The maximum absolute atomic E-state index is 12.7. The summed E-state index contributed by atoms with van der Waals surface area (Å²) in [5, 5.41) is 7.87. The van der Waals surface area contributed by atoms with Gasteiger partial charge in [0.2, 0.25) is 0 Å². The molecule has 3 heterocycles. The van der Waals surface area contributed by atoms with Crippen molar-refractivity contribution < 1.29 is 0 Å². The van der Waals surface area contributed by atoms with E-state index < -0.39 is 0 Å². The SMILES string of the molecule is O=c1[nH][nH]c(-c2ccc(Cl)cc2Cl)c1-c1cn2c3c(cccc13)CCC2. The van der Waals surface area contributed by atoms with Crippen molar-refractivity contribution in [2.24, 2.45) is 0 Å². The average molecular weight is 384 g/mol. The summed E-state index contributed by atoms with van der Waals surface area (Å²) in [4.78, 5) is 12.7. The van der Waals surface area contributed by atoms with Crippen LogP contribution in [0.3, 0.4) is 0 Å². The minimum Gasteiger partial charge on any atom is -0.347 e. The van der Waals surface area contributed by atoms with Crippen molar-refractivity contribution in [2.75, 3.05) is 0 Å². The first-order chi connectivity index (χ1) is 12.6. The third kappa shape index (κ3) is 2.26. The molecule has 4 aromatic rings. The molecule has 1 aliphatic rings. The average Bonchev–Trinajstić information content (AvgIpc) is 3.18. The van der Waals surface area contributed by atoms with Crippen molar-refractivity contribution >= 4 is 34.1 Å². The fourth-order valence-electron chi connectivity index (χ4n) is 3.96. The molecule has 0 saturated heterocycles. The Bertz CT molecular complexity index is 1220. The Hall–Kier alpha value is -2.43. The van der Waals surface area contributed by atoms with E-state index in [9.17, 15) is 4.79 Å². The molecule has 0 amide bonds. The number of nitrogens with zero attached hydrogens (tertiary/aromatic N) is 1. The molecule has 5 rings (SSSR count). The Morgan fingerprint density at radius 2 is 1.92 bits per heavy atom. The van der Waals surface area contributed by atoms with Crippen molar-refractivity contribution in [3.63, 3.8) is 0 Å². The second-order valence-electron chi connectivity index (χ2n) is 6.61. The quantitative estimate of drug-likeness (QED) is 0.488. The van der Waals surface area contributed by atoms with Crippen LogP contribution >= 0.6 is 23.2 Å². The summed E-state index contributed by atoms with van der Waals surface area (Å²) in [6.45, 7) is 0.965. The van der Waals surface area contributed by atoms with Crippen LogP contribution < -0.4 is 5.56 Å². The lowest BCUT2D eigenvalue weighted by Gasteiger charge is -2.14. The monoisotopic (exact) mass is 383 g/mol. The first-order valence-electron chi connectivity index (χ1n) is 8.50. The maximum Gasteiger partial charge on any atom is 0.272 e. The molecule has 0 fully saturated rings. The Kier molecular flexibility index (Phi) is 3.52. The first kappa shape index (κ1) is 15.8. The number of H-pyrrole nitrogens is 2. The van der Waals surface area contributed by atoms with Gasteiger partial charge in [-0.1, -0.05) is 41.4 Å². The normalized spacial score (nSPS) is 13.5. The Morgan fingerprint density at radius 3 is 2.77 bits per heavy atom. The van der Waals surface area contributed by atoms with Gasteiger partial charge in [-0.3, -0.25) is 15.0 Å². The topological polar surface area (TPSA) is 53.6 Å². The van der Waals surface area contributed by atoms with Crippen LogP contribution in [0.25, 0.3) is 33.3 Å². The number of nitrogens with one attached hydrogen (secondary N) is 2. The molecule has 2 N–H and O–H groups in total. The van der Waals surface area contributed by atoms with Crippen molar-refractivity contribution in [3.05, 3.63) is 68.6 Å². The molecule has 2 aromatic heterocycles. The maximum atomic E-state index is 12.7. The Labute approximate surface area is 159 Å². The Balaban J connectivity index is 1.81. The number of benzene rings is 2. The summed E-state index contributed by atoms with van der Waals surface area (Å²) in [6.07, 6.45) is 4.26. The second-order valence-corrected chi connectivity index (χ2v) is 7.45. The lowest BCUT2D eigenvalue weighted by Crippen LogP contribution is -2.05. The summed E-state index contributed by atoms with van der Waals surface area (Å²) in [5.41, 5.74) is 5.36. The van der Waals surface area contributed by atoms with Gasteiger partial charge in [0, 0.05) is 34.3 Å². The molecule has 2 aromatic carbocycles. The number of halogens is 2. The molecule has 0 unspecified atom stereocenters. The van der Waals surface area contributed by atoms with Crippen LogP contribution in [0.15, 0.2) is 47.4 Å². The van der Waals surface area contributed by atoms with Crippen LogP contribution in [0, 0.1) is 0 Å². The molecule has 6 heteroatoms. The molecule has 1 aliphatic heterocycles. The van der Waals surface area contributed by atoms with E-state index in [1.807, 2.05) is 6.07 Å². The van der Waals surface area contributed by atoms with Crippen LogP contribution in [0.1, 0.15) is 12.0 Å². The van der Waals surface area contributed by atoms with E-state index in [0.29, 0.717) is 21.3 Å². The van der Waals surface area contributed by atoms with Gasteiger partial charge in [0.1, 0.15) is 0 Å². The molecular formula is C20H15Cl2N3O. The minimum atomic E-state index is -0.158. The highest BCUT2D eigenvalue weighted by Crippen LogP contribution is 2.39. The fourth-order valence-corrected chi connectivity index (χ4v) is 4.47. The third-order valence-electron chi connectivity index (χ3n) is 5.07. The summed E-state index contributed by atoms with van der Waals surface area (Å²) < 4.78 is 2.25. The molecular weight excluding hydrogens is 369 g/mol. The Morgan fingerprint density at radius 1 is 1.04 bits per heavy atom. The smallest absolute Gasteiger partial charge is 0.272 e. The van der Waals surface area contributed by atoms with Gasteiger partial charge in [-0.2, -0.15) is 0 Å². The predicted octanol–water partition coefficient (Wildman–Crippen LogP) is 5.24. The second kappa shape index (κ2) is 5.79. The van der Waals surface area contributed by atoms with Gasteiger partial charge in [0.25, 0.3) is 5.56 Å². The molecule has 4 nitrogen and oxygen atoms in total.